The Morgan fingerprint density at radius 3 is 2.55 bits per heavy atom. The molecule has 0 aliphatic carbocycles. The number of nitrogens with one attached hydrogen (secondary N) is 2. The van der Waals surface area contributed by atoms with E-state index >= 15 is 0 Å². The van der Waals surface area contributed by atoms with Gasteiger partial charge in [-0.15, -0.1) is 0 Å². The van der Waals surface area contributed by atoms with Gasteiger partial charge in [-0.2, -0.15) is 0 Å². The first-order valence-corrected chi connectivity index (χ1v) is 6.97. The predicted molar refractivity (Wildman–Crippen MR) is 93.3 cm³/mol. The van der Waals surface area contributed by atoms with Crippen LogP contribution in [0.4, 0.5) is 22.7 Å². The minimum atomic E-state index is -0.527. The third-order valence-corrected chi connectivity index (χ3v) is 3.32. The molecule has 0 saturated heterocycles. The Morgan fingerprint density at radius 1 is 1.18 bits per heavy atom. The van der Waals surface area contributed by atoms with Crippen LogP contribution in [0, 0.1) is 24.0 Å². The summed E-state index contributed by atoms with van der Waals surface area (Å²) >= 11 is 5.23. The molecule has 0 radical (unpaired) electrons. The maximum atomic E-state index is 10.9. The van der Waals surface area contributed by atoms with Crippen molar-refractivity contribution in [1.82, 2.24) is 0 Å². The third-order valence-electron chi connectivity index (χ3n) is 3.12. The topological polar surface area (TPSA) is 93.2 Å². The highest BCUT2D eigenvalue weighted by molar-refractivity contribution is 7.80. The van der Waals surface area contributed by atoms with Gasteiger partial charge in [0.2, 0.25) is 0 Å². The molecule has 0 atom stereocenters. The normalized spacial score (nSPS) is 10.1. The summed E-state index contributed by atoms with van der Waals surface area (Å²) < 4.78 is 0. The van der Waals surface area contributed by atoms with Crippen LogP contribution in [-0.4, -0.2) is 10.0 Å². The molecule has 7 heteroatoms. The zero-order chi connectivity index (χ0) is 16.3. The van der Waals surface area contributed by atoms with Crippen LogP contribution in [0.15, 0.2) is 36.4 Å². The Hall–Kier alpha value is -2.67. The van der Waals surface area contributed by atoms with E-state index in [1.807, 2.05) is 32.0 Å². The van der Waals surface area contributed by atoms with Gasteiger partial charge in [-0.3, -0.25) is 10.1 Å². The highest BCUT2D eigenvalue weighted by Gasteiger charge is 2.12. The second-order valence-corrected chi connectivity index (χ2v) is 5.34. The van der Waals surface area contributed by atoms with Gasteiger partial charge in [-0.05, 0) is 49.8 Å². The van der Waals surface area contributed by atoms with Crippen molar-refractivity contribution in [2.45, 2.75) is 13.8 Å². The van der Waals surface area contributed by atoms with Gasteiger partial charge in [0.1, 0.15) is 5.69 Å². The summed E-state index contributed by atoms with van der Waals surface area (Å²) in [4.78, 5) is 10.3. The SMILES string of the molecule is Cc1ccc(NC(=S)Nc2ccc(N)c([N+](=O)[O-])c2)c(C)c1. The molecule has 2 aromatic carbocycles. The summed E-state index contributed by atoms with van der Waals surface area (Å²) in [5.41, 5.74) is 9.13. The summed E-state index contributed by atoms with van der Waals surface area (Å²) in [6.07, 6.45) is 0. The quantitative estimate of drug-likeness (QED) is 0.347. The number of hydrogen-bond acceptors (Lipinski definition) is 4. The second-order valence-electron chi connectivity index (χ2n) is 4.93. The van der Waals surface area contributed by atoms with E-state index in [-0.39, 0.29) is 11.4 Å². The van der Waals surface area contributed by atoms with E-state index in [0.717, 1.165) is 16.8 Å². The van der Waals surface area contributed by atoms with E-state index in [1.165, 1.54) is 12.1 Å². The maximum Gasteiger partial charge on any atom is 0.294 e. The van der Waals surface area contributed by atoms with Crippen LogP contribution in [0.3, 0.4) is 0 Å². The van der Waals surface area contributed by atoms with Gasteiger partial charge in [0.05, 0.1) is 4.92 Å². The van der Waals surface area contributed by atoms with Crippen LogP contribution < -0.4 is 16.4 Å². The maximum absolute atomic E-state index is 10.9. The largest absolute Gasteiger partial charge is 0.393 e. The van der Waals surface area contributed by atoms with Crippen LogP contribution in [0.5, 0.6) is 0 Å². The van der Waals surface area contributed by atoms with E-state index in [2.05, 4.69) is 10.6 Å². The van der Waals surface area contributed by atoms with Gasteiger partial charge in [-0.25, -0.2) is 0 Å². The van der Waals surface area contributed by atoms with Crippen LogP contribution in [0.2, 0.25) is 0 Å². The summed E-state index contributed by atoms with van der Waals surface area (Å²) in [5.74, 6) is 0. The molecule has 2 rings (SSSR count). The molecule has 0 bridgehead atoms. The number of aryl methyl sites for hydroxylation is 2. The number of nitro benzene ring substituents is 1. The van der Waals surface area contributed by atoms with Gasteiger partial charge in [0.25, 0.3) is 5.69 Å². The lowest BCUT2D eigenvalue weighted by Gasteiger charge is -2.13. The summed E-state index contributed by atoms with van der Waals surface area (Å²) in [6.45, 7) is 3.99. The van der Waals surface area contributed by atoms with E-state index < -0.39 is 4.92 Å². The summed E-state index contributed by atoms with van der Waals surface area (Å²) in [5, 5.41) is 17.2. The van der Waals surface area contributed by atoms with E-state index in [1.54, 1.807) is 6.07 Å². The fourth-order valence-corrected chi connectivity index (χ4v) is 2.25. The molecule has 0 saturated carbocycles. The van der Waals surface area contributed by atoms with Crippen LogP contribution in [0.25, 0.3) is 0 Å². The zero-order valence-electron chi connectivity index (χ0n) is 12.2. The number of hydrogen-bond donors (Lipinski definition) is 3. The number of nitrogens with two attached hydrogens (primary N) is 1. The van der Waals surface area contributed by atoms with Gasteiger partial charge in [-0.1, -0.05) is 17.7 Å². The molecule has 22 heavy (non-hydrogen) atoms. The van der Waals surface area contributed by atoms with E-state index in [0.29, 0.717) is 10.8 Å². The first kappa shape index (κ1) is 15.7. The van der Waals surface area contributed by atoms with Crippen molar-refractivity contribution >= 4 is 40.1 Å². The molecule has 0 aromatic heterocycles. The standard InChI is InChI=1S/C15H16N4O2S/c1-9-3-6-13(10(2)7-9)18-15(22)17-11-4-5-12(16)14(8-11)19(20)21/h3-8H,16H2,1-2H3,(H2,17,18,22). The highest BCUT2D eigenvalue weighted by Crippen LogP contribution is 2.25. The Morgan fingerprint density at radius 2 is 1.91 bits per heavy atom. The number of rotatable bonds is 3. The van der Waals surface area contributed by atoms with Crippen molar-refractivity contribution < 1.29 is 4.92 Å². The lowest BCUT2D eigenvalue weighted by atomic mass is 10.1. The molecule has 0 heterocycles. The van der Waals surface area contributed by atoms with Gasteiger partial charge < -0.3 is 16.4 Å². The van der Waals surface area contributed by atoms with Crippen molar-refractivity contribution in [2.75, 3.05) is 16.4 Å². The molecule has 0 unspecified atom stereocenters. The van der Waals surface area contributed by atoms with Crippen LogP contribution >= 0.6 is 12.2 Å². The third kappa shape index (κ3) is 3.70. The summed E-state index contributed by atoms with van der Waals surface area (Å²) in [7, 11) is 0. The highest BCUT2D eigenvalue weighted by atomic mass is 32.1. The minimum Gasteiger partial charge on any atom is -0.393 e. The lowest BCUT2D eigenvalue weighted by molar-refractivity contribution is -0.383. The first-order valence-electron chi connectivity index (χ1n) is 6.56. The van der Waals surface area contributed by atoms with Crippen molar-refractivity contribution in [1.29, 1.82) is 0 Å². The molecule has 114 valence electrons. The average molecular weight is 316 g/mol. The Labute approximate surface area is 133 Å². The monoisotopic (exact) mass is 316 g/mol. The zero-order valence-corrected chi connectivity index (χ0v) is 13.0. The van der Waals surface area contributed by atoms with Crippen molar-refractivity contribution in [3.05, 3.63) is 57.6 Å². The van der Waals surface area contributed by atoms with Gasteiger partial charge >= 0.3 is 0 Å². The molecule has 0 fully saturated rings. The smallest absolute Gasteiger partial charge is 0.294 e. The molecule has 0 aliphatic heterocycles. The van der Waals surface area contributed by atoms with Crippen LogP contribution in [-0.2, 0) is 0 Å². The molecule has 4 N–H and O–H groups in total. The molecule has 2 aromatic rings. The van der Waals surface area contributed by atoms with E-state index in [4.69, 9.17) is 18.0 Å². The number of thiocarbonyl (C=S) groups is 1. The molecule has 0 amide bonds. The average Bonchev–Trinajstić information content (AvgIpc) is 2.44. The van der Waals surface area contributed by atoms with Gasteiger partial charge in [0, 0.05) is 17.4 Å². The number of anilines is 3. The molecule has 6 nitrogen and oxygen atoms in total. The molecular formula is C15H16N4O2S. The number of nitro groups is 1. The first-order chi connectivity index (χ1) is 10.4. The summed E-state index contributed by atoms with van der Waals surface area (Å²) in [6, 6.07) is 10.4. The fourth-order valence-electron chi connectivity index (χ4n) is 2.02. The van der Waals surface area contributed by atoms with Crippen molar-refractivity contribution in [2.24, 2.45) is 0 Å². The molecule has 0 aliphatic rings. The predicted octanol–water partition coefficient (Wildman–Crippen LogP) is 3.60. The number of benzene rings is 2. The van der Waals surface area contributed by atoms with Crippen molar-refractivity contribution in [3.8, 4) is 0 Å². The Kier molecular flexibility index (Phi) is 4.57. The van der Waals surface area contributed by atoms with E-state index in [9.17, 15) is 10.1 Å². The van der Waals surface area contributed by atoms with Crippen molar-refractivity contribution in [3.63, 3.8) is 0 Å². The Bertz CT molecular complexity index is 746. The van der Waals surface area contributed by atoms with Gasteiger partial charge in [0.15, 0.2) is 5.11 Å². The fraction of sp³-hybridized carbons (Fsp3) is 0.133. The minimum absolute atomic E-state index is 0.115. The molecular weight excluding hydrogens is 300 g/mol. The second kappa shape index (κ2) is 6.40. The van der Waals surface area contributed by atoms with Crippen LogP contribution in [0.1, 0.15) is 11.1 Å². The molecule has 0 spiro atoms. The Balaban J connectivity index is 2.12. The lowest BCUT2D eigenvalue weighted by Crippen LogP contribution is -2.19. The number of nitrogens with zero attached hydrogens (tertiary/aromatic N) is 1. The number of nitrogen functional groups attached to an aromatic ring is 1.